The van der Waals surface area contributed by atoms with Crippen LogP contribution in [0.15, 0.2) is 24.4 Å². The molecule has 2 aliphatic heterocycles. The number of methoxy groups -OCH3 is 1. The maximum Gasteiger partial charge on any atom is 0.161 e. The van der Waals surface area contributed by atoms with E-state index >= 15 is 0 Å². The fourth-order valence-corrected chi connectivity index (χ4v) is 4.43. The van der Waals surface area contributed by atoms with Gasteiger partial charge in [-0.3, -0.25) is 4.90 Å². The fraction of sp³-hybridized carbons (Fsp3) is 0.565. The molecule has 0 radical (unpaired) electrons. The summed E-state index contributed by atoms with van der Waals surface area (Å²) in [6.45, 7) is 6.59. The number of likely N-dealkylation sites (N-methyl/N-ethyl adjacent to an activating group) is 1. The molecule has 1 unspecified atom stereocenters. The molecular weight excluding hydrogens is 364 g/mol. The van der Waals surface area contributed by atoms with E-state index in [1.807, 2.05) is 13.0 Å². The van der Waals surface area contributed by atoms with Crippen molar-refractivity contribution in [1.29, 1.82) is 0 Å². The van der Waals surface area contributed by atoms with E-state index in [4.69, 9.17) is 19.4 Å². The molecule has 1 aromatic heterocycles. The molecule has 0 spiro atoms. The molecule has 4 rings (SSSR count). The summed E-state index contributed by atoms with van der Waals surface area (Å²) in [6.07, 6.45) is 6.65. The first-order chi connectivity index (χ1) is 14.2. The van der Waals surface area contributed by atoms with Crippen LogP contribution in [0.5, 0.6) is 11.5 Å². The average molecular weight is 397 g/mol. The van der Waals surface area contributed by atoms with Gasteiger partial charge < -0.3 is 14.4 Å². The van der Waals surface area contributed by atoms with Gasteiger partial charge in [0.2, 0.25) is 0 Å². The highest BCUT2D eigenvalue weighted by molar-refractivity contribution is 5.43. The maximum absolute atomic E-state index is 5.66. The van der Waals surface area contributed by atoms with Gasteiger partial charge >= 0.3 is 0 Å². The number of fused-ring (bicyclic) bond motifs is 1. The lowest BCUT2D eigenvalue weighted by atomic mass is 9.99. The first kappa shape index (κ1) is 20.1. The molecule has 2 aromatic rings. The van der Waals surface area contributed by atoms with E-state index in [1.54, 1.807) is 7.11 Å². The molecular formula is C23H32N4O2. The Hall–Kier alpha value is -2.18. The summed E-state index contributed by atoms with van der Waals surface area (Å²) >= 11 is 0. The molecule has 6 nitrogen and oxygen atoms in total. The van der Waals surface area contributed by atoms with Crippen molar-refractivity contribution in [3.63, 3.8) is 0 Å². The van der Waals surface area contributed by atoms with Crippen LogP contribution in [0.25, 0.3) is 0 Å². The van der Waals surface area contributed by atoms with E-state index in [1.165, 1.54) is 29.7 Å². The van der Waals surface area contributed by atoms with Gasteiger partial charge in [-0.05, 0) is 51.1 Å². The fourth-order valence-electron chi connectivity index (χ4n) is 4.43. The van der Waals surface area contributed by atoms with Gasteiger partial charge in [0.25, 0.3) is 0 Å². The standard InChI is InChI=1S/C23H32N4O2/c1-4-29-21-9-8-17(13-22(21)28-3)15-27-11-6-5-7-20(27)23-24-14-18-16-26(2)12-10-19(18)25-23/h8-9,13-14,20H,4-7,10-12,15-16H2,1-3H3. The largest absolute Gasteiger partial charge is 0.493 e. The second kappa shape index (κ2) is 9.09. The third-order valence-corrected chi connectivity index (χ3v) is 5.97. The summed E-state index contributed by atoms with van der Waals surface area (Å²) in [5.41, 5.74) is 3.75. The molecule has 0 N–H and O–H groups in total. The van der Waals surface area contributed by atoms with Gasteiger partial charge in [0.05, 0.1) is 19.8 Å². The van der Waals surface area contributed by atoms with E-state index in [-0.39, 0.29) is 6.04 Å². The van der Waals surface area contributed by atoms with Gasteiger partial charge in [-0.25, -0.2) is 9.97 Å². The minimum atomic E-state index is 0.284. The van der Waals surface area contributed by atoms with Crippen molar-refractivity contribution in [3.05, 3.63) is 47.0 Å². The SMILES string of the molecule is CCOc1ccc(CN2CCCCC2c2ncc3c(n2)CCN(C)C3)cc1OC. The lowest BCUT2D eigenvalue weighted by Gasteiger charge is -2.35. The van der Waals surface area contributed by atoms with E-state index in [9.17, 15) is 0 Å². The zero-order valence-corrected chi connectivity index (χ0v) is 17.9. The van der Waals surface area contributed by atoms with Crippen molar-refractivity contribution in [2.45, 2.75) is 51.7 Å². The zero-order valence-electron chi connectivity index (χ0n) is 17.9. The van der Waals surface area contributed by atoms with Crippen LogP contribution in [0.2, 0.25) is 0 Å². The number of hydrogen-bond acceptors (Lipinski definition) is 6. The van der Waals surface area contributed by atoms with Crippen LogP contribution in [0.3, 0.4) is 0 Å². The molecule has 2 aliphatic rings. The number of aromatic nitrogens is 2. The molecule has 0 aliphatic carbocycles. The van der Waals surface area contributed by atoms with E-state index in [0.717, 1.165) is 56.3 Å². The molecule has 1 saturated heterocycles. The third-order valence-electron chi connectivity index (χ3n) is 5.97. The number of likely N-dealkylation sites (tertiary alicyclic amines) is 1. The monoisotopic (exact) mass is 396 g/mol. The van der Waals surface area contributed by atoms with Crippen molar-refractivity contribution >= 4 is 0 Å². The summed E-state index contributed by atoms with van der Waals surface area (Å²) in [7, 11) is 3.86. The van der Waals surface area contributed by atoms with Gasteiger partial charge in [-0.2, -0.15) is 0 Å². The van der Waals surface area contributed by atoms with Gasteiger partial charge in [-0.15, -0.1) is 0 Å². The van der Waals surface area contributed by atoms with Crippen LogP contribution in [0.1, 0.15) is 54.9 Å². The van der Waals surface area contributed by atoms with Crippen LogP contribution in [-0.4, -0.2) is 53.6 Å². The Kier molecular flexibility index (Phi) is 6.31. The lowest BCUT2D eigenvalue weighted by molar-refractivity contribution is 0.133. The molecule has 156 valence electrons. The summed E-state index contributed by atoms with van der Waals surface area (Å²) in [4.78, 5) is 14.7. The first-order valence-electron chi connectivity index (χ1n) is 10.7. The molecule has 0 bridgehead atoms. The Morgan fingerprint density at radius 1 is 1.17 bits per heavy atom. The first-order valence-corrected chi connectivity index (χ1v) is 10.7. The zero-order chi connectivity index (χ0) is 20.2. The Morgan fingerprint density at radius 2 is 2.07 bits per heavy atom. The molecule has 29 heavy (non-hydrogen) atoms. The Balaban J connectivity index is 1.54. The molecule has 1 aromatic carbocycles. The number of benzene rings is 1. The lowest BCUT2D eigenvalue weighted by Crippen LogP contribution is -2.35. The van der Waals surface area contributed by atoms with Gasteiger partial charge in [0.15, 0.2) is 11.5 Å². The summed E-state index contributed by atoms with van der Waals surface area (Å²) < 4.78 is 11.2. The second-order valence-corrected chi connectivity index (χ2v) is 8.09. The highest BCUT2D eigenvalue weighted by Gasteiger charge is 2.28. The van der Waals surface area contributed by atoms with Crippen molar-refractivity contribution in [1.82, 2.24) is 19.8 Å². The van der Waals surface area contributed by atoms with Gasteiger partial charge in [0.1, 0.15) is 5.82 Å². The maximum atomic E-state index is 5.66. The number of hydrogen-bond donors (Lipinski definition) is 0. The van der Waals surface area contributed by atoms with Crippen LogP contribution < -0.4 is 9.47 Å². The van der Waals surface area contributed by atoms with E-state index < -0.39 is 0 Å². The smallest absolute Gasteiger partial charge is 0.161 e. The Morgan fingerprint density at radius 3 is 2.90 bits per heavy atom. The highest BCUT2D eigenvalue weighted by Crippen LogP contribution is 2.33. The second-order valence-electron chi connectivity index (χ2n) is 8.09. The Labute approximate surface area is 173 Å². The normalized spacial score (nSPS) is 20.3. The van der Waals surface area contributed by atoms with E-state index in [0.29, 0.717) is 6.61 Å². The summed E-state index contributed by atoms with van der Waals surface area (Å²) in [5, 5.41) is 0. The summed E-state index contributed by atoms with van der Waals surface area (Å²) in [6, 6.07) is 6.54. The van der Waals surface area contributed by atoms with Crippen molar-refractivity contribution in [3.8, 4) is 11.5 Å². The number of rotatable bonds is 6. The number of nitrogens with zero attached hydrogens (tertiary/aromatic N) is 4. The van der Waals surface area contributed by atoms with Crippen LogP contribution in [0.4, 0.5) is 0 Å². The summed E-state index contributed by atoms with van der Waals surface area (Å²) in [5.74, 6) is 2.59. The predicted molar refractivity (Wildman–Crippen MR) is 113 cm³/mol. The minimum absolute atomic E-state index is 0.284. The average Bonchev–Trinajstić information content (AvgIpc) is 2.75. The highest BCUT2D eigenvalue weighted by atomic mass is 16.5. The van der Waals surface area contributed by atoms with Gasteiger partial charge in [-0.1, -0.05) is 12.5 Å². The molecule has 6 heteroatoms. The molecule has 1 atom stereocenters. The predicted octanol–water partition coefficient (Wildman–Crippen LogP) is 3.60. The van der Waals surface area contributed by atoms with Crippen LogP contribution >= 0.6 is 0 Å². The van der Waals surface area contributed by atoms with Crippen LogP contribution in [0, 0.1) is 0 Å². The van der Waals surface area contributed by atoms with Gasteiger partial charge in [0, 0.05) is 43.5 Å². The van der Waals surface area contributed by atoms with E-state index in [2.05, 4.69) is 35.2 Å². The topological polar surface area (TPSA) is 50.7 Å². The molecule has 1 fully saturated rings. The Bertz CT molecular complexity index is 842. The van der Waals surface area contributed by atoms with Crippen LogP contribution in [-0.2, 0) is 19.5 Å². The molecule has 0 amide bonds. The van der Waals surface area contributed by atoms with Crippen molar-refractivity contribution in [2.24, 2.45) is 0 Å². The molecule has 3 heterocycles. The quantitative estimate of drug-likeness (QED) is 0.744. The number of piperidine rings is 1. The molecule has 0 saturated carbocycles. The minimum Gasteiger partial charge on any atom is -0.493 e. The van der Waals surface area contributed by atoms with Crippen molar-refractivity contribution < 1.29 is 9.47 Å². The van der Waals surface area contributed by atoms with Crippen molar-refractivity contribution in [2.75, 3.05) is 33.9 Å². The number of ether oxygens (including phenoxy) is 2. The third kappa shape index (κ3) is 4.54.